The number of aryl methyl sites for hydroxylation is 1. The Hall–Kier alpha value is -1.79. The van der Waals surface area contributed by atoms with Gasteiger partial charge in [-0.25, -0.2) is 0 Å². The Balaban J connectivity index is 1.47. The van der Waals surface area contributed by atoms with Crippen LogP contribution in [0.3, 0.4) is 0 Å². The first-order chi connectivity index (χ1) is 12.3. The number of nitrogens with zero attached hydrogens (tertiary/aromatic N) is 1. The van der Waals surface area contributed by atoms with E-state index in [0.717, 1.165) is 57.5 Å². The second-order valence-electron chi connectivity index (χ2n) is 6.25. The van der Waals surface area contributed by atoms with Crippen LogP contribution in [0.15, 0.2) is 29.3 Å². The Morgan fingerprint density at radius 3 is 2.92 bits per heavy atom. The van der Waals surface area contributed by atoms with Crippen LogP contribution in [0.5, 0.6) is 5.75 Å². The van der Waals surface area contributed by atoms with Crippen LogP contribution in [0, 0.1) is 12.8 Å². The van der Waals surface area contributed by atoms with Gasteiger partial charge in [-0.05, 0) is 37.5 Å². The van der Waals surface area contributed by atoms with E-state index in [4.69, 9.17) is 14.2 Å². The summed E-state index contributed by atoms with van der Waals surface area (Å²) in [5, 5.41) is 6.53. The molecular formula is C19H31N3O3. The molecule has 0 radical (unpaired) electrons. The van der Waals surface area contributed by atoms with Crippen LogP contribution < -0.4 is 15.4 Å². The Morgan fingerprint density at radius 2 is 2.16 bits per heavy atom. The van der Waals surface area contributed by atoms with Crippen molar-refractivity contribution in [3.8, 4) is 5.75 Å². The van der Waals surface area contributed by atoms with E-state index in [-0.39, 0.29) is 0 Å². The summed E-state index contributed by atoms with van der Waals surface area (Å²) < 4.78 is 16.7. The molecule has 140 valence electrons. The monoisotopic (exact) mass is 349 g/mol. The lowest BCUT2D eigenvalue weighted by Gasteiger charge is -2.13. The van der Waals surface area contributed by atoms with Gasteiger partial charge in [0.15, 0.2) is 5.96 Å². The first-order valence-corrected chi connectivity index (χ1v) is 9.07. The molecule has 1 aliphatic heterocycles. The first kappa shape index (κ1) is 19.5. The number of rotatable bonds is 10. The van der Waals surface area contributed by atoms with E-state index in [1.54, 1.807) is 7.05 Å². The summed E-state index contributed by atoms with van der Waals surface area (Å²) in [6.07, 6.45) is 2.08. The maximum absolute atomic E-state index is 5.71. The quantitative estimate of drug-likeness (QED) is 0.384. The number of hydrogen-bond acceptors (Lipinski definition) is 4. The Kier molecular flexibility index (Phi) is 9.15. The molecule has 1 unspecified atom stereocenters. The normalized spacial score (nSPS) is 17.5. The highest BCUT2D eigenvalue weighted by Crippen LogP contribution is 2.12. The summed E-state index contributed by atoms with van der Waals surface area (Å²) in [5.41, 5.74) is 1.20. The highest BCUT2D eigenvalue weighted by atomic mass is 16.5. The molecule has 1 aromatic rings. The van der Waals surface area contributed by atoms with E-state index in [1.807, 2.05) is 18.2 Å². The van der Waals surface area contributed by atoms with Gasteiger partial charge in [0.05, 0.1) is 19.8 Å². The molecule has 1 aliphatic rings. The lowest BCUT2D eigenvalue weighted by Crippen LogP contribution is -2.39. The van der Waals surface area contributed by atoms with Gasteiger partial charge >= 0.3 is 0 Å². The van der Waals surface area contributed by atoms with E-state index >= 15 is 0 Å². The number of benzene rings is 1. The summed E-state index contributed by atoms with van der Waals surface area (Å²) in [5.74, 6) is 2.27. The standard InChI is InChI=1S/C19H31N3O3/c1-16-5-3-6-18(13-16)25-12-9-22-19(20-2)21-8-4-10-23-14-17-7-11-24-15-17/h3,5-6,13,17H,4,7-12,14-15H2,1-2H3,(H2,20,21,22). The van der Waals surface area contributed by atoms with E-state index < -0.39 is 0 Å². The van der Waals surface area contributed by atoms with Crippen molar-refractivity contribution in [1.82, 2.24) is 10.6 Å². The van der Waals surface area contributed by atoms with Crippen LogP contribution in [-0.4, -0.2) is 59.1 Å². The minimum atomic E-state index is 0.579. The zero-order valence-electron chi connectivity index (χ0n) is 15.4. The molecule has 25 heavy (non-hydrogen) atoms. The molecule has 0 aliphatic carbocycles. The van der Waals surface area contributed by atoms with Crippen LogP contribution in [-0.2, 0) is 9.47 Å². The number of guanidine groups is 1. The van der Waals surface area contributed by atoms with Gasteiger partial charge in [-0.2, -0.15) is 0 Å². The maximum Gasteiger partial charge on any atom is 0.191 e. The highest BCUT2D eigenvalue weighted by molar-refractivity contribution is 5.79. The van der Waals surface area contributed by atoms with Crippen molar-refractivity contribution in [2.24, 2.45) is 10.9 Å². The fraction of sp³-hybridized carbons (Fsp3) is 0.632. The third-order valence-electron chi connectivity index (χ3n) is 4.01. The molecule has 0 amide bonds. The molecule has 1 saturated heterocycles. The molecule has 6 heteroatoms. The third kappa shape index (κ3) is 8.23. The first-order valence-electron chi connectivity index (χ1n) is 9.07. The molecule has 1 heterocycles. The summed E-state index contributed by atoms with van der Waals surface area (Å²) in [6, 6.07) is 8.06. The summed E-state index contributed by atoms with van der Waals surface area (Å²) in [6.45, 7) is 7.48. The highest BCUT2D eigenvalue weighted by Gasteiger charge is 2.15. The topological polar surface area (TPSA) is 64.1 Å². The maximum atomic E-state index is 5.71. The number of ether oxygens (including phenoxy) is 3. The van der Waals surface area contributed by atoms with E-state index in [0.29, 0.717) is 19.1 Å². The van der Waals surface area contributed by atoms with Gasteiger partial charge in [-0.3, -0.25) is 4.99 Å². The molecule has 0 aromatic heterocycles. The lowest BCUT2D eigenvalue weighted by atomic mass is 10.1. The SMILES string of the molecule is CN=C(NCCCOCC1CCOC1)NCCOc1cccc(C)c1. The van der Waals surface area contributed by atoms with E-state index in [9.17, 15) is 0 Å². The Bertz CT molecular complexity index is 516. The van der Waals surface area contributed by atoms with Crippen LogP contribution >= 0.6 is 0 Å². The molecule has 1 atom stereocenters. The molecule has 6 nitrogen and oxygen atoms in total. The number of hydrogen-bond donors (Lipinski definition) is 2. The fourth-order valence-electron chi connectivity index (χ4n) is 2.61. The molecule has 0 bridgehead atoms. The average molecular weight is 349 g/mol. The zero-order chi connectivity index (χ0) is 17.7. The molecule has 2 rings (SSSR count). The largest absolute Gasteiger partial charge is 0.492 e. The van der Waals surface area contributed by atoms with Gasteiger partial charge in [0.1, 0.15) is 12.4 Å². The summed E-state index contributed by atoms with van der Waals surface area (Å²) in [7, 11) is 1.77. The van der Waals surface area contributed by atoms with Crippen molar-refractivity contribution in [3.63, 3.8) is 0 Å². The lowest BCUT2D eigenvalue weighted by molar-refractivity contribution is 0.0888. The molecular weight excluding hydrogens is 318 g/mol. The van der Waals surface area contributed by atoms with Crippen molar-refractivity contribution in [3.05, 3.63) is 29.8 Å². The second kappa shape index (κ2) is 11.7. The molecule has 1 aromatic carbocycles. The van der Waals surface area contributed by atoms with Crippen molar-refractivity contribution in [2.75, 3.05) is 53.2 Å². The van der Waals surface area contributed by atoms with E-state index in [2.05, 4.69) is 28.6 Å². The third-order valence-corrected chi connectivity index (χ3v) is 4.01. The van der Waals surface area contributed by atoms with Crippen molar-refractivity contribution < 1.29 is 14.2 Å². The Morgan fingerprint density at radius 1 is 1.28 bits per heavy atom. The smallest absolute Gasteiger partial charge is 0.191 e. The molecule has 1 fully saturated rings. The van der Waals surface area contributed by atoms with Gasteiger partial charge in [0.25, 0.3) is 0 Å². The fourth-order valence-corrected chi connectivity index (χ4v) is 2.61. The van der Waals surface area contributed by atoms with Crippen LogP contribution in [0.25, 0.3) is 0 Å². The minimum absolute atomic E-state index is 0.579. The Labute approximate surface area is 151 Å². The van der Waals surface area contributed by atoms with Gasteiger partial charge < -0.3 is 24.8 Å². The van der Waals surface area contributed by atoms with Gasteiger partial charge in [-0.15, -0.1) is 0 Å². The summed E-state index contributed by atoms with van der Waals surface area (Å²) in [4.78, 5) is 4.21. The van der Waals surface area contributed by atoms with Crippen LogP contribution in [0.4, 0.5) is 0 Å². The van der Waals surface area contributed by atoms with Crippen molar-refractivity contribution in [2.45, 2.75) is 19.8 Å². The zero-order valence-corrected chi connectivity index (χ0v) is 15.4. The van der Waals surface area contributed by atoms with Gasteiger partial charge in [0, 0.05) is 32.7 Å². The number of aliphatic imine (C=N–C) groups is 1. The minimum Gasteiger partial charge on any atom is -0.492 e. The van der Waals surface area contributed by atoms with Crippen LogP contribution in [0.1, 0.15) is 18.4 Å². The van der Waals surface area contributed by atoms with Gasteiger partial charge in [-0.1, -0.05) is 12.1 Å². The average Bonchev–Trinajstić information content (AvgIpc) is 3.13. The predicted molar refractivity (Wildman–Crippen MR) is 100 cm³/mol. The predicted octanol–water partition coefficient (Wildman–Crippen LogP) is 1.98. The van der Waals surface area contributed by atoms with Crippen molar-refractivity contribution in [1.29, 1.82) is 0 Å². The number of nitrogens with one attached hydrogen (secondary N) is 2. The second-order valence-corrected chi connectivity index (χ2v) is 6.25. The summed E-state index contributed by atoms with van der Waals surface area (Å²) >= 11 is 0. The molecule has 0 spiro atoms. The van der Waals surface area contributed by atoms with Crippen LogP contribution in [0.2, 0.25) is 0 Å². The molecule has 0 saturated carbocycles. The molecule has 2 N–H and O–H groups in total. The van der Waals surface area contributed by atoms with Crippen molar-refractivity contribution >= 4 is 5.96 Å². The van der Waals surface area contributed by atoms with E-state index in [1.165, 1.54) is 5.56 Å². The van der Waals surface area contributed by atoms with Gasteiger partial charge in [0.2, 0.25) is 0 Å².